The van der Waals surface area contributed by atoms with Gasteiger partial charge in [0.05, 0.1) is 10.3 Å². The third-order valence-corrected chi connectivity index (χ3v) is 6.32. The minimum Gasteiger partial charge on any atom is -0.356 e. The van der Waals surface area contributed by atoms with Gasteiger partial charge in [0.15, 0.2) is 0 Å². The van der Waals surface area contributed by atoms with E-state index in [4.69, 9.17) is 0 Å². The molecule has 1 N–H and O–H groups in total. The van der Waals surface area contributed by atoms with E-state index >= 15 is 0 Å². The lowest BCUT2D eigenvalue weighted by Crippen LogP contribution is -2.33. The van der Waals surface area contributed by atoms with Gasteiger partial charge in [-0.3, -0.25) is 4.79 Å². The first-order chi connectivity index (χ1) is 13.0. The minimum absolute atomic E-state index is 0.146. The van der Waals surface area contributed by atoms with Crippen molar-refractivity contribution in [2.75, 3.05) is 23.3 Å². The van der Waals surface area contributed by atoms with Gasteiger partial charge in [-0.15, -0.1) is 11.3 Å². The van der Waals surface area contributed by atoms with E-state index in [2.05, 4.69) is 32.1 Å². The predicted octanol–water partition coefficient (Wildman–Crippen LogP) is 4.19. The summed E-state index contributed by atoms with van der Waals surface area (Å²) in [5.41, 5.74) is 1.81. The van der Waals surface area contributed by atoms with Crippen LogP contribution < -0.4 is 10.2 Å². The number of fused-ring (bicyclic) bond motifs is 1. The van der Waals surface area contributed by atoms with Crippen molar-refractivity contribution >= 4 is 39.1 Å². The number of rotatable bonds is 3. The topological polar surface area (TPSA) is 71.0 Å². The van der Waals surface area contributed by atoms with Crippen LogP contribution in [0.5, 0.6) is 0 Å². The first-order valence-corrected chi connectivity index (χ1v) is 10.1. The first-order valence-electron chi connectivity index (χ1n) is 9.27. The number of piperidine rings is 1. The molecule has 0 radical (unpaired) electrons. The van der Waals surface area contributed by atoms with Crippen molar-refractivity contribution < 1.29 is 4.79 Å². The summed E-state index contributed by atoms with van der Waals surface area (Å²) in [6.45, 7) is 8.18. The molecule has 0 saturated carbocycles. The van der Waals surface area contributed by atoms with Gasteiger partial charge in [-0.05, 0) is 50.3 Å². The third-order valence-electron chi connectivity index (χ3n) is 5.13. The van der Waals surface area contributed by atoms with Crippen LogP contribution in [0, 0.1) is 19.8 Å². The number of aromatic nitrogens is 3. The molecule has 140 valence electrons. The number of hydrogen-bond donors (Lipinski definition) is 1. The van der Waals surface area contributed by atoms with Gasteiger partial charge in [0.25, 0.3) is 5.91 Å². The molecule has 7 heteroatoms. The molecule has 1 amide bonds. The summed E-state index contributed by atoms with van der Waals surface area (Å²) in [7, 11) is 0. The lowest BCUT2D eigenvalue weighted by molar-refractivity contribution is 0.102. The Morgan fingerprint density at radius 1 is 1.22 bits per heavy atom. The van der Waals surface area contributed by atoms with Crippen molar-refractivity contribution in [2.45, 2.75) is 33.6 Å². The highest BCUT2D eigenvalue weighted by Gasteiger charge is 2.24. The van der Waals surface area contributed by atoms with E-state index in [-0.39, 0.29) is 5.91 Å². The van der Waals surface area contributed by atoms with Gasteiger partial charge in [0.1, 0.15) is 22.8 Å². The summed E-state index contributed by atoms with van der Waals surface area (Å²) in [6.07, 6.45) is 3.94. The molecule has 0 aliphatic carbocycles. The van der Waals surface area contributed by atoms with E-state index in [9.17, 15) is 4.79 Å². The fourth-order valence-electron chi connectivity index (χ4n) is 3.52. The minimum atomic E-state index is -0.146. The molecule has 1 aliphatic rings. The van der Waals surface area contributed by atoms with Crippen molar-refractivity contribution in [3.05, 3.63) is 40.7 Å². The first kappa shape index (κ1) is 17.9. The van der Waals surface area contributed by atoms with Crippen LogP contribution in [0.25, 0.3) is 10.2 Å². The Labute approximate surface area is 162 Å². The van der Waals surface area contributed by atoms with E-state index in [1.54, 1.807) is 12.4 Å². The average Bonchev–Trinajstić information content (AvgIpc) is 3.00. The summed E-state index contributed by atoms with van der Waals surface area (Å²) < 4.78 is 0. The molecule has 0 unspecified atom stereocenters. The van der Waals surface area contributed by atoms with E-state index in [1.165, 1.54) is 24.2 Å². The van der Waals surface area contributed by atoms with Crippen molar-refractivity contribution in [3.8, 4) is 0 Å². The SMILES string of the molecule is Cc1cccc(NC(=O)c2sc3ncnc(N4CCC(C)CC4)c3c2C)n1. The number of thiophene rings is 1. The molecule has 4 heterocycles. The van der Waals surface area contributed by atoms with Crippen molar-refractivity contribution in [2.24, 2.45) is 5.92 Å². The molecule has 27 heavy (non-hydrogen) atoms. The van der Waals surface area contributed by atoms with Crippen LogP contribution >= 0.6 is 11.3 Å². The zero-order valence-corrected chi connectivity index (χ0v) is 16.6. The van der Waals surface area contributed by atoms with E-state index in [1.807, 2.05) is 26.0 Å². The zero-order chi connectivity index (χ0) is 19.0. The number of pyridine rings is 1. The second-order valence-electron chi connectivity index (χ2n) is 7.22. The number of carbonyl (C=O) groups excluding carboxylic acids is 1. The number of aryl methyl sites for hydroxylation is 2. The van der Waals surface area contributed by atoms with Gasteiger partial charge in [-0.25, -0.2) is 15.0 Å². The van der Waals surface area contributed by atoms with Crippen LogP contribution in [0.4, 0.5) is 11.6 Å². The maximum absolute atomic E-state index is 12.8. The van der Waals surface area contributed by atoms with Gasteiger partial charge in [-0.1, -0.05) is 13.0 Å². The molecule has 0 bridgehead atoms. The Morgan fingerprint density at radius 2 is 2.00 bits per heavy atom. The highest BCUT2D eigenvalue weighted by molar-refractivity contribution is 7.20. The highest BCUT2D eigenvalue weighted by Crippen LogP contribution is 2.36. The molecular weight excluding hydrogens is 358 g/mol. The van der Waals surface area contributed by atoms with Crippen LogP contribution in [0.15, 0.2) is 24.5 Å². The Kier molecular flexibility index (Phi) is 4.78. The molecule has 3 aromatic heterocycles. The molecular formula is C20H23N5OS. The largest absolute Gasteiger partial charge is 0.356 e. The average molecular weight is 382 g/mol. The van der Waals surface area contributed by atoms with Crippen molar-refractivity contribution in [1.29, 1.82) is 0 Å². The van der Waals surface area contributed by atoms with Crippen LogP contribution in [0.3, 0.4) is 0 Å². The standard InChI is InChI=1S/C20H23N5OS/c1-12-7-9-25(10-8-12)18-16-14(3)17(27-20(16)22-11-21-18)19(26)24-15-6-4-5-13(2)23-15/h4-6,11-12H,7-10H2,1-3H3,(H,23,24,26). The van der Waals surface area contributed by atoms with Crippen LogP contribution in [0.2, 0.25) is 0 Å². The fourth-order valence-corrected chi connectivity index (χ4v) is 4.55. The van der Waals surface area contributed by atoms with Crippen molar-refractivity contribution in [1.82, 2.24) is 15.0 Å². The summed E-state index contributed by atoms with van der Waals surface area (Å²) in [5, 5.41) is 3.90. The second kappa shape index (κ2) is 7.23. The molecule has 4 rings (SSSR count). The maximum Gasteiger partial charge on any atom is 0.267 e. The summed E-state index contributed by atoms with van der Waals surface area (Å²) >= 11 is 1.42. The molecule has 3 aromatic rings. The fraction of sp³-hybridized carbons (Fsp3) is 0.400. The Balaban J connectivity index is 1.67. The maximum atomic E-state index is 12.8. The molecule has 6 nitrogen and oxygen atoms in total. The highest BCUT2D eigenvalue weighted by atomic mass is 32.1. The Morgan fingerprint density at radius 3 is 2.74 bits per heavy atom. The van der Waals surface area contributed by atoms with Crippen LogP contribution in [0.1, 0.15) is 40.7 Å². The monoisotopic (exact) mass is 381 g/mol. The number of nitrogens with one attached hydrogen (secondary N) is 1. The summed E-state index contributed by atoms with van der Waals surface area (Å²) in [6, 6.07) is 5.59. The van der Waals surface area contributed by atoms with E-state index in [0.29, 0.717) is 10.7 Å². The lowest BCUT2D eigenvalue weighted by Gasteiger charge is -2.31. The molecule has 0 aromatic carbocycles. The van der Waals surface area contributed by atoms with Crippen LogP contribution in [-0.2, 0) is 0 Å². The molecule has 1 aliphatic heterocycles. The van der Waals surface area contributed by atoms with E-state index < -0.39 is 0 Å². The van der Waals surface area contributed by atoms with E-state index in [0.717, 1.165) is 46.3 Å². The molecule has 0 spiro atoms. The number of nitrogens with zero attached hydrogens (tertiary/aromatic N) is 4. The smallest absolute Gasteiger partial charge is 0.267 e. The normalized spacial score (nSPS) is 15.3. The number of hydrogen-bond acceptors (Lipinski definition) is 6. The second-order valence-corrected chi connectivity index (χ2v) is 8.22. The summed E-state index contributed by atoms with van der Waals surface area (Å²) in [4.78, 5) is 30.0. The molecule has 0 atom stereocenters. The number of amides is 1. The lowest BCUT2D eigenvalue weighted by atomic mass is 9.99. The summed E-state index contributed by atoms with van der Waals surface area (Å²) in [5.74, 6) is 2.12. The van der Waals surface area contributed by atoms with Gasteiger partial charge in [0.2, 0.25) is 0 Å². The van der Waals surface area contributed by atoms with Crippen LogP contribution in [-0.4, -0.2) is 33.9 Å². The van der Waals surface area contributed by atoms with Gasteiger partial charge in [-0.2, -0.15) is 0 Å². The van der Waals surface area contributed by atoms with Gasteiger partial charge < -0.3 is 10.2 Å². The van der Waals surface area contributed by atoms with Crippen molar-refractivity contribution in [3.63, 3.8) is 0 Å². The third kappa shape index (κ3) is 3.51. The quantitative estimate of drug-likeness (QED) is 0.736. The Bertz CT molecular complexity index is 991. The van der Waals surface area contributed by atoms with Gasteiger partial charge >= 0.3 is 0 Å². The molecule has 1 fully saturated rings. The molecule has 1 saturated heterocycles. The zero-order valence-electron chi connectivity index (χ0n) is 15.8. The number of anilines is 2. The Hall–Kier alpha value is -2.54. The number of carbonyl (C=O) groups is 1. The van der Waals surface area contributed by atoms with Gasteiger partial charge in [0, 0.05) is 18.8 Å². The predicted molar refractivity (Wildman–Crippen MR) is 110 cm³/mol.